The highest BCUT2D eigenvalue weighted by molar-refractivity contribution is 6.33. The van der Waals surface area contributed by atoms with Crippen molar-refractivity contribution < 1.29 is 19.1 Å². The van der Waals surface area contributed by atoms with Crippen LogP contribution < -0.4 is 20.3 Å². The van der Waals surface area contributed by atoms with Gasteiger partial charge in [-0.15, -0.1) is 0 Å². The lowest BCUT2D eigenvalue weighted by atomic mass is 9.76. The molecule has 1 aromatic heterocycles. The molecule has 47 heavy (non-hydrogen) atoms. The van der Waals surface area contributed by atoms with Crippen molar-refractivity contribution in [2.45, 2.75) is 79.3 Å². The molecule has 1 saturated heterocycles. The summed E-state index contributed by atoms with van der Waals surface area (Å²) in [7, 11) is 3.30. The van der Waals surface area contributed by atoms with Crippen molar-refractivity contribution in [2.75, 3.05) is 44.0 Å². The van der Waals surface area contributed by atoms with E-state index in [0.717, 1.165) is 36.3 Å². The highest BCUT2D eigenvalue weighted by Gasteiger charge is 2.42. The third-order valence-electron chi connectivity index (χ3n) is 9.29. The van der Waals surface area contributed by atoms with Gasteiger partial charge < -0.3 is 25.2 Å². The molecule has 0 aliphatic carbocycles. The van der Waals surface area contributed by atoms with Crippen LogP contribution in [0.4, 0.5) is 17.2 Å². The first-order valence-corrected chi connectivity index (χ1v) is 16.9. The van der Waals surface area contributed by atoms with Crippen LogP contribution in [0.1, 0.15) is 66.4 Å². The normalized spacial score (nSPS) is 16.2. The van der Waals surface area contributed by atoms with Crippen molar-refractivity contribution in [3.8, 4) is 5.75 Å². The van der Waals surface area contributed by atoms with Gasteiger partial charge in [0.05, 0.1) is 35.4 Å². The summed E-state index contributed by atoms with van der Waals surface area (Å²) in [6.07, 6.45) is 2.99. The van der Waals surface area contributed by atoms with Crippen molar-refractivity contribution in [1.29, 1.82) is 0 Å². The topological polar surface area (TPSA) is 117 Å². The molecule has 254 valence electrons. The van der Waals surface area contributed by atoms with Gasteiger partial charge in [-0.1, -0.05) is 32.4 Å². The molecule has 0 bridgehead atoms. The van der Waals surface area contributed by atoms with Gasteiger partial charge in [-0.25, -0.2) is 9.97 Å². The van der Waals surface area contributed by atoms with E-state index in [1.54, 1.807) is 26.0 Å². The van der Waals surface area contributed by atoms with E-state index in [0.29, 0.717) is 40.6 Å². The fourth-order valence-electron chi connectivity index (χ4n) is 6.27. The van der Waals surface area contributed by atoms with E-state index in [2.05, 4.69) is 39.3 Å². The number of carbonyl (C=O) groups is 3. The van der Waals surface area contributed by atoms with Crippen molar-refractivity contribution in [2.24, 2.45) is 11.3 Å². The van der Waals surface area contributed by atoms with E-state index in [4.69, 9.17) is 16.3 Å². The van der Waals surface area contributed by atoms with Crippen molar-refractivity contribution in [3.05, 3.63) is 47.2 Å². The van der Waals surface area contributed by atoms with Crippen LogP contribution in [-0.4, -0.2) is 78.2 Å². The third kappa shape index (κ3) is 8.22. The Hall–Kier alpha value is -3.76. The Balaban J connectivity index is 1.60. The van der Waals surface area contributed by atoms with Gasteiger partial charge in [-0.2, -0.15) is 0 Å². The lowest BCUT2D eigenvalue weighted by Crippen LogP contribution is -2.48. The molecule has 3 atom stereocenters. The molecule has 0 spiro atoms. The van der Waals surface area contributed by atoms with Gasteiger partial charge in [-0.05, 0) is 70.3 Å². The number of hydrogen-bond acceptors (Lipinski definition) is 9. The zero-order valence-corrected chi connectivity index (χ0v) is 29.7. The number of methoxy groups -OCH3 is 1. The lowest BCUT2D eigenvalue weighted by molar-refractivity contribution is -0.145. The number of ether oxygens (including phenoxy) is 1. The number of carbonyl (C=O) groups excluding carboxylic acids is 3. The Morgan fingerprint density at radius 2 is 1.85 bits per heavy atom. The minimum atomic E-state index is -0.569. The summed E-state index contributed by atoms with van der Waals surface area (Å²) < 4.78 is 5.70. The van der Waals surface area contributed by atoms with Gasteiger partial charge in [0.2, 0.25) is 5.91 Å². The fourth-order valence-corrected chi connectivity index (χ4v) is 6.57. The molecule has 1 aliphatic rings. The van der Waals surface area contributed by atoms with Gasteiger partial charge in [0, 0.05) is 61.1 Å². The molecule has 4 rings (SSSR count). The number of Topliss-reactive ketones (excluding diaryl/α,β-unsaturated/α-hetero) is 2. The van der Waals surface area contributed by atoms with Crippen LogP contribution >= 0.6 is 11.6 Å². The van der Waals surface area contributed by atoms with Crippen LogP contribution in [-0.2, 0) is 20.8 Å². The van der Waals surface area contributed by atoms with Gasteiger partial charge in [0.15, 0.2) is 5.78 Å². The van der Waals surface area contributed by atoms with Crippen molar-refractivity contribution in [3.63, 3.8) is 0 Å². The quantitative estimate of drug-likeness (QED) is 0.207. The summed E-state index contributed by atoms with van der Waals surface area (Å²) in [6.45, 7) is 14.1. The van der Waals surface area contributed by atoms with E-state index in [9.17, 15) is 14.4 Å². The van der Waals surface area contributed by atoms with Crippen molar-refractivity contribution in [1.82, 2.24) is 20.2 Å². The summed E-state index contributed by atoms with van der Waals surface area (Å²) in [6, 6.07) is 8.60. The molecule has 10 nitrogen and oxygen atoms in total. The molecule has 2 N–H and O–H groups in total. The largest absolute Gasteiger partial charge is 0.496 e. The first-order chi connectivity index (χ1) is 22.3. The summed E-state index contributed by atoms with van der Waals surface area (Å²) in [5, 5.41) is 7.71. The van der Waals surface area contributed by atoms with E-state index in [-0.39, 0.29) is 36.4 Å². The van der Waals surface area contributed by atoms with Crippen molar-refractivity contribution >= 4 is 57.2 Å². The molecule has 0 unspecified atom stereocenters. The third-order valence-corrected chi connectivity index (χ3v) is 9.59. The maximum Gasteiger partial charge on any atom is 0.227 e. The molecule has 2 heterocycles. The smallest absolute Gasteiger partial charge is 0.227 e. The molecule has 2 aromatic carbocycles. The molecule has 0 radical (unpaired) electrons. The molecule has 11 heteroatoms. The van der Waals surface area contributed by atoms with Gasteiger partial charge in [0.25, 0.3) is 0 Å². The highest BCUT2D eigenvalue weighted by Crippen LogP contribution is 2.36. The van der Waals surface area contributed by atoms with Crippen LogP contribution in [0.2, 0.25) is 5.02 Å². The monoisotopic (exact) mass is 664 g/mol. The number of likely N-dealkylation sites (N-methyl/N-ethyl adjacent to an activating group) is 1. The second kappa shape index (κ2) is 15.4. The number of anilines is 3. The van der Waals surface area contributed by atoms with Crippen LogP contribution in [0.15, 0.2) is 36.7 Å². The maximum atomic E-state index is 14.0. The minimum Gasteiger partial charge on any atom is -0.496 e. The van der Waals surface area contributed by atoms with E-state index < -0.39 is 17.4 Å². The predicted molar refractivity (Wildman–Crippen MR) is 189 cm³/mol. The summed E-state index contributed by atoms with van der Waals surface area (Å²) in [5.41, 5.74) is 2.63. The van der Waals surface area contributed by atoms with Gasteiger partial charge in [-0.3, -0.25) is 14.4 Å². The second-order valence-electron chi connectivity index (χ2n) is 13.3. The number of amides is 1. The number of benzene rings is 2. The average Bonchev–Trinajstić information content (AvgIpc) is 3.54. The molecule has 1 amide bonds. The SMILES string of the molecule is CCN(CC)c1ccc(Nc2ncnc3cc(OC)c(CC(=O)[C@@H]4CCCN4C(=O)[C@@H](CC(=O)[C@H](C)NC)C(C)(C)C)cc23)cc1Cl. The minimum absolute atomic E-state index is 0.0162. The van der Waals surface area contributed by atoms with E-state index >= 15 is 0 Å². The maximum absolute atomic E-state index is 14.0. The Labute approximate surface area is 283 Å². The molecule has 3 aromatic rings. The fraction of sp³-hybridized carbons (Fsp3) is 0.528. The average molecular weight is 665 g/mol. The molecular weight excluding hydrogens is 616 g/mol. The summed E-state index contributed by atoms with van der Waals surface area (Å²) in [5.74, 6) is 0.357. The molecule has 0 saturated carbocycles. The molecule has 1 aliphatic heterocycles. The zero-order valence-electron chi connectivity index (χ0n) is 28.9. The Morgan fingerprint density at radius 3 is 2.47 bits per heavy atom. The van der Waals surface area contributed by atoms with Gasteiger partial charge in [0.1, 0.15) is 23.7 Å². The summed E-state index contributed by atoms with van der Waals surface area (Å²) in [4.78, 5) is 53.6. The Morgan fingerprint density at radius 1 is 1.13 bits per heavy atom. The summed E-state index contributed by atoms with van der Waals surface area (Å²) >= 11 is 6.66. The van der Waals surface area contributed by atoms with E-state index in [1.165, 1.54) is 6.33 Å². The predicted octanol–water partition coefficient (Wildman–Crippen LogP) is 6.21. The van der Waals surface area contributed by atoms with Crippen LogP contribution in [0.25, 0.3) is 10.9 Å². The number of nitrogens with zero attached hydrogens (tertiary/aromatic N) is 4. The van der Waals surface area contributed by atoms with Crippen LogP contribution in [0.3, 0.4) is 0 Å². The number of ketones is 2. The number of nitrogens with one attached hydrogen (secondary N) is 2. The van der Waals surface area contributed by atoms with Crippen LogP contribution in [0.5, 0.6) is 5.75 Å². The number of halogens is 1. The first-order valence-electron chi connectivity index (χ1n) is 16.5. The van der Waals surface area contributed by atoms with Crippen LogP contribution in [0, 0.1) is 11.3 Å². The lowest BCUT2D eigenvalue weighted by Gasteiger charge is -2.35. The Bertz CT molecular complexity index is 1600. The highest BCUT2D eigenvalue weighted by atomic mass is 35.5. The molecular formula is C36H49ClN6O4. The number of fused-ring (bicyclic) bond motifs is 1. The number of hydrogen-bond donors (Lipinski definition) is 2. The van der Waals surface area contributed by atoms with Gasteiger partial charge >= 0.3 is 0 Å². The number of aromatic nitrogens is 2. The number of likely N-dealkylation sites (tertiary alicyclic amines) is 1. The second-order valence-corrected chi connectivity index (χ2v) is 13.7. The molecule has 1 fully saturated rings. The Kier molecular flexibility index (Phi) is 11.8. The number of rotatable bonds is 14. The van der Waals surface area contributed by atoms with E-state index in [1.807, 2.05) is 51.1 Å². The standard InChI is InChI=1S/C36H49ClN6O4/c1-9-42(10-2)29-14-13-24(18-27(29)37)41-34-25-16-23(33(47-8)20-28(25)39-21-40-34)17-32(45)30-12-11-15-43(30)35(46)26(36(4,5)6)19-31(44)22(3)38-7/h13-14,16,18,20-22,26,30,38H,9-12,15,17,19H2,1-8H3,(H,39,40,41)/t22-,26+,30-/m0/s1. The zero-order chi connectivity index (χ0) is 34.5. The first kappa shape index (κ1) is 36.1.